The third-order valence-corrected chi connectivity index (χ3v) is 3.08. The van der Waals surface area contributed by atoms with Crippen molar-refractivity contribution in [1.82, 2.24) is 0 Å². The molecule has 0 radical (unpaired) electrons. The molecular weight excluding hydrogens is 192 g/mol. The van der Waals surface area contributed by atoms with Crippen molar-refractivity contribution in [3.8, 4) is 0 Å². The van der Waals surface area contributed by atoms with Gasteiger partial charge in [-0.1, -0.05) is 11.1 Å². The summed E-state index contributed by atoms with van der Waals surface area (Å²) in [6.07, 6.45) is 1.11. The first-order valence-electron chi connectivity index (χ1n) is 5.33. The molecule has 0 aromatic heterocycles. The van der Waals surface area contributed by atoms with Gasteiger partial charge in [0.1, 0.15) is 0 Å². The molecule has 1 aliphatic carbocycles. The van der Waals surface area contributed by atoms with Crippen molar-refractivity contribution < 1.29 is 14.3 Å². The third kappa shape index (κ3) is 1.72. The van der Waals surface area contributed by atoms with E-state index in [4.69, 9.17) is 9.47 Å². The first-order valence-corrected chi connectivity index (χ1v) is 5.33. The maximum atomic E-state index is 11.6. The first-order chi connectivity index (χ1) is 7.13. The number of carbonyl (C=O) groups excluding carboxylic acids is 1. The second kappa shape index (κ2) is 3.81. The van der Waals surface area contributed by atoms with Crippen LogP contribution in [-0.4, -0.2) is 18.9 Å². The summed E-state index contributed by atoms with van der Waals surface area (Å²) in [6.45, 7) is 6.64. The van der Waals surface area contributed by atoms with Crippen LogP contribution in [0.4, 0.5) is 0 Å². The highest BCUT2D eigenvalue weighted by molar-refractivity contribution is 5.93. The zero-order valence-corrected chi connectivity index (χ0v) is 9.42. The van der Waals surface area contributed by atoms with E-state index in [1.165, 1.54) is 11.1 Å². The lowest BCUT2D eigenvalue weighted by atomic mass is 9.88. The highest BCUT2D eigenvalue weighted by Crippen LogP contribution is 2.37. The molecule has 3 nitrogen and oxygen atoms in total. The molecule has 0 amide bonds. The van der Waals surface area contributed by atoms with Gasteiger partial charge in [0.15, 0.2) is 0 Å². The van der Waals surface area contributed by atoms with Gasteiger partial charge in [0.05, 0.1) is 0 Å². The Bertz CT molecular complexity index is 363. The molecular formula is C12H16O3. The van der Waals surface area contributed by atoms with Crippen molar-refractivity contribution in [2.24, 2.45) is 0 Å². The van der Waals surface area contributed by atoms with E-state index in [1.807, 2.05) is 6.92 Å². The molecule has 0 N–H and O–H groups in total. The zero-order chi connectivity index (χ0) is 11.0. The molecule has 0 bridgehead atoms. The summed E-state index contributed by atoms with van der Waals surface area (Å²) in [4.78, 5) is 11.6. The van der Waals surface area contributed by atoms with E-state index in [0.29, 0.717) is 6.61 Å². The molecule has 3 heteroatoms. The molecule has 0 aromatic carbocycles. The second-order valence-electron chi connectivity index (χ2n) is 4.11. The van der Waals surface area contributed by atoms with Gasteiger partial charge >= 0.3 is 5.97 Å². The summed E-state index contributed by atoms with van der Waals surface area (Å²) < 4.78 is 10.6. The lowest BCUT2D eigenvalue weighted by Gasteiger charge is -2.18. The van der Waals surface area contributed by atoms with E-state index in [2.05, 4.69) is 13.8 Å². The van der Waals surface area contributed by atoms with Crippen molar-refractivity contribution in [3.05, 3.63) is 22.3 Å². The molecule has 82 valence electrons. The Morgan fingerprint density at radius 3 is 2.67 bits per heavy atom. The van der Waals surface area contributed by atoms with Crippen LogP contribution in [0, 0.1) is 0 Å². The monoisotopic (exact) mass is 208 g/mol. The second-order valence-corrected chi connectivity index (χ2v) is 4.11. The number of ether oxygens (including phenoxy) is 2. The maximum absolute atomic E-state index is 11.6. The van der Waals surface area contributed by atoms with Gasteiger partial charge in [-0.25, -0.2) is 4.79 Å². The standard InChI is InChI=1S/C12H16O3/c1-4-14-12-10-6-8(3)7(2)5-9(10)11(13)15-12/h12H,4-6H2,1-3H3. The van der Waals surface area contributed by atoms with Gasteiger partial charge in [0, 0.05) is 24.2 Å². The largest absolute Gasteiger partial charge is 0.428 e. The number of allylic oxidation sites excluding steroid dienone is 2. The third-order valence-electron chi connectivity index (χ3n) is 3.08. The summed E-state index contributed by atoms with van der Waals surface area (Å²) in [5, 5.41) is 0. The van der Waals surface area contributed by atoms with Crippen LogP contribution in [0.1, 0.15) is 33.6 Å². The molecule has 1 heterocycles. The smallest absolute Gasteiger partial charge is 0.337 e. The molecule has 1 aliphatic heterocycles. The summed E-state index contributed by atoms with van der Waals surface area (Å²) in [7, 11) is 0. The fourth-order valence-electron chi connectivity index (χ4n) is 2.03. The van der Waals surface area contributed by atoms with Crippen molar-refractivity contribution in [1.29, 1.82) is 0 Å². The lowest BCUT2D eigenvalue weighted by Crippen LogP contribution is -2.16. The summed E-state index contributed by atoms with van der Waals surface area (Å²) in [5.41, 5.74) is 4.46. The van der Waals surface area contributed by atoms with E-state index < -0.39 is 6.29 Å². The van der Waals surface area contributed by atoms with Crippen LogP contribution >= 0.6 is 0 Å². The van der Waals surface area contributed by atoms with E-state index in [1.54, 1.807) is 0 Å². The molecule has 0 saturated heterocycles. The molecule has 1 unspecified atom stereocenters. The van der Waals surface area contributed by atoms with Gasteiger partial charge < -0.3 is 9.47 Å². The predicted molar refractivity (Wildman–Crippen MR) is 56.1 cm³/mol. The van der Waals surface area contributed by atoms with E-state index in [0.717, 1.165) is 24.0 Å². The average molecular weight is 208 g/mol. The Morgan fingerprint density at radius 2 is 2.00 bits per heavy atom. The number of hydrogen-bond acceptors (Lipinski definition) is 3. The molecule has 15 heavy (non-hydrogen) atoms. The van der Waals surface area contributed by atoms with Crippen LogP contribution < -0.4 is 0 Å². The van der Waals surface area contributed by atoms with Crippen molar-refractivity contribution in [2.75, 3.05) is 6.61 Å². The van der Waals surface area contributed by atoms with Crippen LogP contribution in [0.25, 0.3) is 0 Å². The van der Waals surface area contributed by atoms with Crippen LogP contribution in [0.15, 0.2) is 22.3 Å². The van der Waals surface area contributed by atoms with E-state index in [9.17, 15) is 4.79 Å². The average Bonchev–Trinajstić information content (AvgIpc) is 2.46. The van der Waals surface area contributed by atoms with Crippen LogP contribution in [-0.2, 0) is 14.3 Å². The molecule has 0 fully saturated rings. The number of rotatable bonds is 2. The highest BCUT2D eigenvalue weighted by atomic mass is 16.7. The van der Waals surface area contributed by atoms with Gasteiger partial charge in [0.2, 0.25) is 6.29 Å². The maximum Gasteiger partial charge on any atom is 0.337 e. The van der Waals surface area contributed by atoms with Gasteiger partial charge in [-0.05, 0) is 27.2 Å². The van der Waals surface area contributed by atoms with Gasteiger partial charge in [0.25, 0.3) is 0 Å². The zero-order valence-electron chi connectivity index (χ0n) is 9.42. The minimum atomic E-state index is -0.430. The van der Waals surface area contributed by atoms with Crippen molar-refractivity contribution in [2.45, 2.75) is 39.9 Å². The summed E-state index contributed by atoms with van der Waals surface area (Å²) in [5.74, 6) is -0.199. The first kappa shape index (κ1) is 10.4. The van der Waals surface area contributed by atoms with Gasteiger partial charge in [-0.2, -0.15) is 0 Å². The predicted octanol–water partition coefficient (Wildman–Crippen LogP) is 2.33. The topological polar surface area (TPSA) is 35.5 Å². The lowest BCUT2D eigenvalue weighted by molar-refractivity contribution is -0.159. The molecule has 1 atom stereocenters. The normalized spacial score (nSPS) is 25.8. The minimum Gasteiger partial charge on any atom is -0.428 e. The molecule has 2 aliphatic rings. The van der Waals surface area contributed by atoms with Crippen molar-refractivity contribution >= 4 is 5.97 Å². The fraction of sp³-hybridized carbons (Fsp3) is 0.583. The number of carbonyl (C=O) groups is 1. The Labute approximate surface area is 89.8 Å². The SMILES string of the molecule is CCOC1OC(=O)C2=C1CC(C)=C(C)C2. The van der Waals surface area contributed by atoms with Crippen LogP contribution in [0.2, 0.25) is 0 Å². The quantitative estimate of drug-likeness (QED) is 0.516. The number of cyclic esters (lactones) is 1. The molecule has 0 aromatic rings. The fourth-order valence-corrected chi connectivity index (χ4v) is 2.03. The Balaban J connectivity index is 2.24. The van der Waals surface area contributed by atoms with E-state index >= 15 is 0 Å². The molecule has 0 saturated carbocycles. The molecule has 0 spiro atoms. The minimum absolute atomic E-state index is 0.199. The summed E-state index contributed by atoms with van der Waals surface area (Å²) >= 11 is 0. The van der Waals surface area contributed by atoms with Gasteiger partial charge in [-0.15, -0.1) is 0 Å². The number of hydrogen-bond donors (Lipinski definition) is 0. The van der Waals surface area contributed by atoms with Crippen LogP contribution in [0.3, 0.4) is 0 Å². The highest BCUT2D eigenvalue weighted by Gasteiger charge is 2.36. The van der Waals surface area contributed by atoms with Crippen molar-refractivity contribution in [3.63, 3.8) is 0 Å². The number of esters is 1. The van der Waals surface area contributed by atoms with Crippen LogP contribution in [0.5, 0.6) is 0 Å². The molecule has 2 rings (SSSR count). The summed E-state index contributed by atoms with van der Waals surface area (Å²) in [6, 6.07) is 0. The van der Waals surface area contributed by atoms with Gasteiger partial charge in [-0.3, -0.25) is 0 Å². The Morgan fingerprint density at radius 1 is 1.33 bits per heavy atom. The van der Waals surface area contributed by atoms with E-state index in [-0.39, 0.29) is 5.97 Å². The Kier molecular flexibility index (Phi) is 2.65. The Hall–Kier alpha value is -1.09.